The minimum Gasteiger partial charge on any atom is -0.339 e. The molecule has 1 aromatic heterocycles. The Hall–Kier alpha value is -0.900. The zero-order valence-corrected chi connectivity index (χ0v) is 10.1. The SMILES string of the molecule is CC(CCN)CCc1nc(C2CC2C)no1. The fraction of sp³-hybridized carbons (Fsp3) is 0.833. The summed E-state index contributed by atoms with van der Waals surface area (Å²) >= 11 is 0. The second kappa shape index (κ2) is 4.95. The number of hydrogen-bond donors (Lipinski definition) is 1. The summed E-state index contributed by atoms with van der Waals surface area (Å²) in [7, 11) is 0. The third-order valence-corrected chi connectivity index (χ3v) is 3.44. The maximum absolute atomic E-state index is 5.51. The van der Waals surface area contributed by atoms with E-state index >= 15 is 0 Å². The van der Waals surface area contributed by atoms with Crippen molar-refractivity contribution < 1.29 is 4.52 Å². The second-order valence-corrected chi connectivity index (χ2v) is 5.09. The zero-order valence-electron chi connectivity index (χ0n) is 10.1. The Bertz CT molecular complexity index is 337. The highest BCUT2D eigenvalue weighted by Crippen LogP contribution is 2.45. The average Bonchev–Trinajstić information content (AvgIpc) is 2.80. The summed E-state index contributed by atoms with van der Waals surface area (Å²) in [6, 6.07) is 0. The molecule has 0 spiro atoms. The molecule has 0 aromatic carbocycles. The lowest BCUT2D eigenvalue weighted by Gasteiger charge is -2.06. The maximum atomic E-state index is 5.51. The van der Waals surface area contributed by atoms with E-state index in [2.05, 4.69) is 24.0 Å². The quantitative estimate of drug-likeness (QED) is 0.802. The van der Waals surface area contributed by atoms with Crippen LogP contribution in [0.1, 0.15) is 50.7 Å². The molecular formula is C12H21N3O. The predicted molar refractivity (Wildman–Crippen MR) is 62.0 cm³/mol. The van der Waals surface area contributed by atoms with E-state index in [0.717, 1.165) is 43.4 Å². The van der Waals surface area contributed by atoms with Gasteiger partial charge >= 0.3 is 0 Å². The van der Waals surface area contributed by atoms with Gasteiger partial charge in [-0.25, -0.2) is 0 Å². The lowest BCUT2D eigenvalue weighted by atomic mass is 10.0. The summed E-state index contributed by atoms with van der Waals surface area (Å²) in [6.45, 7) is 5.20. The molecule has 0 aliphatic heterocycles. The van der Waals surface area contributed by atoms with Gasteiger partial charge in [-0.2, -0.15) is 4.98 Å². The van der Waals surface area contributed by atoms with Crippen LogP contribution in [0.15, 0.2) is 4.52 Å². The Balaban J connectivity index is 1.79. The van der Waals surface area contributed by atoms with E-state index in [0.29, 0.717) is 11.8 Å². The van der Waals surface area contributed by atoms with Crippen LogP contribution in [-0.4, -0.2) is 16.7 Å². The van der Waals surface area contributed by atoms with Crippen LogP contribution in [0.4, 0.5) is 0 Å². The summed E-state index contributed by atoms with van der Waals surface area (Å²) in [5, 5.41) is 4.04. The number of aromatic nitrogens is 2. The normalized spacial score (nSPS) is 25.7. The summed E-state index contributed by atoms with van der Waals surface area (Å²) < 4.78 is 5.25. The Labute approximate surface area is 96.6 Å². The molecule has 0 amide bonds. The molecule has 1 aliphatic rings. The molecule has 0 bridgehead atoms. The van der Waals surface area contributed by atoms with Gasteiger partial charge in [0.05, 0.1) is 0 Å². The van der Waals surface area contributed by atoms with Gasteiger partial charge in [0.2, 0.25) is 5.89 Å². The van der Waals surface area contributed by atoms with Crippen LogP contribution in [0.25, 0.3) is 0 Å². The van der Waals surface area contributed by atoms with Gasteiger partial charge in [0.1, 0.15) is 0 Å². The van der Waals surface area contributed by atoms with Crippen LogP contribution in [0.5, 0.6) is 0 Å². The van der Waals surface area contributed by atoms with Gasteiger partial charge in [-0.05, 0) is 37.6 Å². The van der Waals surface area contributed by atoms with Gasteiger partial charge in [0, 0.05) is 12.3 Å². The highest BCUT2D eigenvalue weighted by atomic mass is 16.5. The van der Waals surface area contributed by atoms with Crippen LogP contribution in [-0.2, 0) is 6.42 Å². The molecule has 90 valence electrons. The van der Waals surface area contributed by atoms with Gasteiger partial charge in [-0.1, -0.05) is 19.0 Å². The van der Waals surface area contributed by atoms with Crippen LogP contribution < -0.4 is 5.73 Å². The standard InChI is InChI=1S/C12H21N3O/c1-8(5-6-13)3-4-11-14-12(15-16-11)10-7-9(10)2/h8-10H,3-7,13H2,1-2H3. The van der Waals surface area contributed by atoms with Crippen molar-refractivity contribution in [3.8, 4) is 0 Å². The fourth-order valence-electron chi connectivity index (χ4n) is 2.00. The Morgan fingerprint density at radius 1 is 1.50 bits per heavy atom. The van der Waals surface area contributed by atoms with Crippen molar-refractivity contribution in [1.29, 1.82) is 0 Å². The number of aryl methyl sites for hydroxylation is 1. The Kier molecular flexibility index (Phi) is 3.59. The molecule has 1 fully saturated rings. The van der Waals surface area contributed by atoms with Crippen molar-refractivity contribution in [2.45, 2.75) is 45.4 Å². The van der Waals surface area contributed by atoms with E-state index in [1.165, 1.54) is 6.42 Å². The molecule has 0 radical (unpaired) electrons. The Morgan fingerprint density at radius 3 is 2.88 bits per heavy atom. The summed E-state index contributed by atoms with van der Waals surface area (Å²) in [4.78, 5) is 4.45. The molecule has 3 atom stereocenters. The first-order chi connectivity index (χ1) is 7.70. The van der Waals surface area contributed by atoms with Crippen LogP contribution >= 0.6 is 0 Å². The van der Waals surface area contributed by atoms with Gasteiger partial charge in [-0.15, -0.1) is 0 Å². The molecule has 4 heteroatoms. The second-order valence-electron chi connectivity index (χ2n) is 5.09. The highest BCUT2D eigenvalue weighted by molar-refractivity contribution is 5.07. The first kappa shape index (κ1) is 11.6. The van der Waals surface area contributed by atoms with E-state index in [1.54, 1.807) is 0 Å². The minimum absolute atomic E-state index is 0.555. The molecule has 16 heavy (non-hydrogen) atoms. The smallest absolute Gasteiger partial charge is 0.226 e. The van der Waals surface area contributed by atoms with Crippen molar-refractivity contribution in [2.24, 2.45) is 17.6 Å². The third-order valence-electron chi connectivity index (χ3n) is 3.44. The van der Waals surface area contributed by atoms with Crippen molar-refractivity contribution >= 4 is 0 Å². The van der Waals surface area contributed by atoms with Crippen molar-refractivity contribution in [1.82, 2.24) is 10.1 Å². The number of rotatable bonds is 6. The number of nitrogens with zero attached hydrogens (tertiary/aromatic N) is 2. The molecule has 1 saturated carbocycles. The van der Waals surface area contributed by atoms with Gasteiger partial charge in [0.25, 0.3) is 0 Å². The number of nitrogens with two attached hydrogens (primary N) is 1. The summed E-state index contributed by atoms with van der Waals surface area (Å²) in [5.41, 5.74) is 5.51. The minimum atomic E-state index is 0.555. The molecule has 4 nitrogen and oxygen atoms in total. The van der Waals surface area contributed by atoms with E-state index in [1.807, 2.05) is 0 Å². The topological polar surface area (TPSA) is 64.9 Å². The van der Waals surface area contributed by atoms with Crippen LogP contribution in [0.2, 0.25) is 0 Å². The van der Waals surface area contributed by atoms with Gasteiger partial charge in [-0.3, -0.25) is 0 Å². The largest absolute Gasteiger partial charge is 0.339 e. The van der Waals surface area contributed by atoms with E-state index in [9.17, 15) is 0 Å². The van der Waals surface area contributed by atoms with Gasteiger partial charge < -0.3 is 10.3 Å². The monoisotopic (exact) mass is 223 g/mol. The third kappa shape index (κ3) is 2.82. The predicted octanol–water partition coefficient (Wildman–Crippen LogP) is 2.11. The fourth-order valence-corrected chi connectivity index (χ4v) is 2.00. The van der Waals surface area contributed by atoms with Gasteiger partial charge in [0.15, 0.2) is 5.82 Å². The van der Waals surface area contributed by atoms with Crippen molar-refractivity contribution in [3.05, 3.63) is 11.7 Å². The first-order valence-electron chi connectivity index (χ1n) is 6.23. The van der Waals surface area contributed by atoms with Crippen LogP contribution in [0, 0.1) is 11.8 Å². The average molecular weight is 223 g/mol. The van der Waals surface area contributed by atoms with Crippen LogP contribution in [0.3, 0.4) is 0 Å². The van der Waals surface area contributed by atoms with E-state index in [4.69, 9.17) is 10.3 Å². The Morgan fingerprint density at radius 2 is 2.25 bits per heavy atom. The van der Waals surface area contributed by atoms with Crippen molar-refractivity contribution in [2.75, 3.05) is 6.54 Å². The first-order valence-corrected chi connectivity index (χ1v) is 6.23. The molecule has 2 rings (SSSR count). The molecule has 1 aromatic rings. The highest BCUT2D eigenvalue weighted by Gasteiger charge is 2.37. The summed E-state index contributed by atoms with van der Waals surface area (Å²) in [6.07, 6.45) is 4.25. The molecule has 1 heterocycles. The molecule has 2 N–H and O–H groups in total. The molecule has 0 saturated heterocycles. The summed E-state index contributed by atoms with van der Waals surface area (Å²) in [5.74, 6) is 3.63. The molecule has 3 unspecified atom stereocenters. The molecular weight excluding hydrogens is 202 g/mol. The molecule has 1 aliphatic carbocycles. The lowest BCUT2D eigenvalue weighted by Crippen LogP contribution is -2.06. The lowest BCUT2D eigenvalue weighted by molar-refractivity contribution is 0.358. The zero-order chi connectivity index (χ0) is 11.5. The van der Waals surface area contributed by atoms with E-state index in [-0.39, 0.29) is 0 Å². The maximum Gasteiger partial charge on any atom is 0.226 e. The van der Waals surface area contributed by atoms with Crippen molar-refractivity contribution in [3.63, 3.8) is 0 Å². The van der Waals surface area contributed by atoms with E-state index < -0.39 is 0 Å². The number of hydrogen-bond acceptors (Lipinski definition) is 4.